The van der Waals surface area contributed by atoms with Gasteiger partial charge in [0.15, 0.2) is 0 Å². The van der Waals surface area contributed by atoms with E-state index in [2.05, 4.69) is 5.32 Å². The summed E-state index contributed by atoms with van der Waals surface area (Å²) in [6.07, 6.45) is 6.31. The summed E-state index contributed by atoms with van der Waals surface area (Å²) in [4.78, 5) is 11.8. The maximum absolute atomic E-state index is 11.8. The molecular weight excluding hydrogens is 230 g/mol. The van der Waals surface area contributed by atoms with Crippen LogP contribution in [0.3, 0.4) is 0 Å². The first-order valence-electron chi connectivity index (χ1n) is 6.96. The third-order valence-corrected chi connectivity index (χ3v) is 3.97. The largest absolute Gasteiger partial charge is 0.444 e. The zero-order chi connectivity index (χ0) is 13.4. The highest BCUT2D eigenvalue weighted by Crippen LogP contribution is 2.44. The van der Waals surface area contributed by atoms with Crippen LogP contribution in [0.1, 0.15) is 65.7 Å². The Balaban J connectivity index is 1.82. The maximum atomic E-state index is 11.8. The molecule has 2 saturated carbocycles. The van der Waals surface area contributed by atoms with Crippen LogP contribution < -0.4 is 5.32 Å². The fourth-order valence-corrected chi connectivity index (χ4v) is 2.43. The van der Waals surface area contributed by atoms with Gasteiger partial charge in [-0.25, -0.2) is 4.79 Å². The molecule has 4 heteroatoms. The van der Waals surface area contributed by atoms with Gasteiger partial charge in [0.25, 0.3) is 0 Å². The van der Waals surface area contributed by atoms with Gasteiger partial charge in [0, 0.05) is 5.54 Å². The summed E-state index contributed by atoms with van der Waals surface area (Å²) < 4.78 is 5.30. The summed E-state index contributed by atoms with van der Waals surface area (Å²) in [5, 5.41) is 12.9. The van der Waals surface area contributed by atoms with Crippen molar-refractivity contribution in [1.82, 2.24) is 5.32 Å². The first kappa shape index (κ1) is 13.7. The molecule has 2 aliphatic carbocycles. The van der Waals surface area contributed by atoms with Crippen LogP contribution in [0.2, 0.25) is 0 Å². The molecule has 0 aromatic heterocycles. The van der Waals surface area contributed by atoms with Crippen molar-refractivity contribution in [2.75, 3.05) is 0 Å². The van der Waals surface area contributed by atoms with Crippen molar-refractivity contribution in [2.24, 2.45) is 0 Å². The number of carbonyl (C=O) groups is 1. The van der Waals surface area contributed by atoms with E-state index in [0.29, 0.717) is 0 Å². The number of alkyl carbamates (subject to hydrolysis) is 1. The molecule has 0 bridgehead atoms. The van der Waals surface area contributed by atoms with Gasteiger partial charge in [0.2, 0.25) is 0 Å². The molecule has 2 N–H and O–H groups in total. The van der Waals surface area contributed by atoms with E-state index < -0.39 is 11.2 Å². The second-order valence-electron chi connectivity index (χ2n) is 6.99. The molecule has 0 heterocycles. The zero-order valence-electron chi connectivity index (χ0n) is 11.7. The van der Waals surface area contributed by atoms with Crippen molar-refractivity contribution in [3.05, 3.63) is 0 Å². The first-order chi connectivity index (χ1) is 8.22. The Bertz CT molecular complexity index is 324. The Kier molecular flexibility index (Phi) is 3.34. The van der Waals surface area contributed by atoms with Crippen LogP contribution in [-0.2, 0) is 4.74 Å². The molecule has 0 atom stereocenters. The Morgan fingerprint density at radius 3 is 2.22 bits per heavy atom. The lowest BCUT2D eigenvalue weighted by molar-refractivity contribution is 0.0327. The molecule has 0 radical (unpaired) electrons. The molecule has 0 aromatic carbocycles. The van der Waals surface area contributed by atoms with E-state index in [0.717, 1.165) is 44.9 Å². The molecule has 18 heavy (non-hydrogen) atoms. The van der Waals surface area contributed by atoms with Crippen LogP contribution in [0, 0.1) is 0 Å². The van der Waals surface area contributed by atoms with E-state index in [9.17, 15) is 9.90 Å². The number of carbonyl (C=O) groups excluding carboxylic acids is 1. The summed E-state index contributed by atoms with van der Waals surface area (Å²) in [5.41, 5.74) is -1.01. The Labute approximate surface area is 109 Å². The second kappa shape index (κ2) is 4.41. The van der Waals surface area contributed by atoms with Crippen molar-refractivity contribution in [2.45, 2.75) is 82.5 Å². The molecule has 0 aliphatic heterocycles. The highest BCUT2D eigenvalue weighted by atomic mass is 16.6. The van der Waals surface area contributed by atoms with Gasteiger partial charge in [-0.2, -0.15) is 0 Å². The number of amides is 1. The third kappa shape index (κ3) is 3.61. The lowest BCUT2D eigenvalue weighted by atomic mass is 9.73. The molecule has 104 valence electrons. The molecule has 0 saturated heterocycles. The van der Waals surface area contributed by atoms with Crippen molar-refractivity contribution in [3.63, 3.8) is 0 Å². The monoisotopic (exact) mass is 255 g/mol. The Morgan fingerprint density at radius 1 is 1.22 bits per heavy atom. The number of ether oxygens (including phenoxy) is 1. The quantitative estimate of drug-likeness (QED) is 0.812. The lowest BCUT2D eigenvalue weighted by Gasteiger charge is -2.43. The van der Waals surface area contributed by atoms with E-state index in [1.165, 1.54) is 0 Å². The van der Waals surface area contributed by atoms with Gasteiger partial charge in [-0.15, -0.1) is 0 Å². The van der Waals surface area contributed by atoms with Crippen LogP contribution in [0.25, 0.3) is 0 Å². The van der Waals surface area contributed by atoms with Gasteiger partial charge >= 0.3 is 6.09 Å². The number of hydrogen-bond acceptors (Lipinski definition) is 3. The van der Waals surface area contributed by atoms with E-state index in [1.54, 1.807) is 0 Å². The molecule has 0 unspecified atom stereocenters. The molecule has 0 spiro atoms. The minimum absolute atomic E-state index is 0.124. The zero-order valence-corrected chi connectivity index (χ0v) is 11.7. The van der Waals surface area contributed by atoms with Crippen LogP contribution in [-0.4, -0.2) is 27.9 Å². The van der Waals surface area contributed by atoms with Crippen LogP contribution in [0.4, 0.5) is 4.79 Å². The SMILES string of the molecule is CC(C)(C)OC(=O)NC1(CCC2(O)CC2)CCC1. The van der Waals surface area contributed by atoms with Crippen molar-refractivity contribution in [3.8, 4) is 0 Å². The minimum Gasteiger partial charge on any atom is -0.444 e. The predicted octanol–water partition coefficient (Wildman–Crippen LogP) is 2.74. The number of hydrogen-bond donors (Lipinski definition) is 2. The average Bonchev–Trinajstić information content (AvgIpc) is 2.86. The summed E-state index contributed by atoms with van der Waals surface area (Å²) in [5.74, 6) is 0. The van der Waals surface area contributed by atoms with Crippen LogP contribution in [0.5, 0.6) is 0 Å². The summed E-state index contributed by atoms with van der Waals surface area (Å²) in [7, 11) is 0. The maximum Gasteiger partial charge on any atom is 0.408 e. The van der Waals surface area contributed by atoms with Crippen LogP contribution >= 0.6 is 0 Å². The normalized spacial score (nSPS) is 24.0. The van der Waals surface area contributed by atoms with Crippen molar-refractivity contribution >= 4 is 6.09 Å². The molecule has 4 nitrogen and oxygen atoms in total. The fourth-order valence-electron chi connectivity index (χ4n) is 2.43. The first-order valence-corrected chi connectivity index (χ1v) is 6.96. The summed E-state index contributed by atoms with van der Waals surface area (Å²) in [6.45, 7) is 5.60. The third-order valence-electron chi connectivity index (χ3n) is 3.97. The number of nitrogens with one attached hydrogen (secondary N) is 1. The van der Waals surface area contributed by atoms with Gasteiger partial charge in [-0.1, -0.05) is 0 Å². The Hall–Kier alpha value is -0.770. The van der Waals surface area contributed by atoms with E-state index in [1.807, 2.05) is 20.8 Å². The lowest BCUT2D eigenvalue weighted by Crippen LogP contribution is -2.54. The second-order valence-corrected chi connectivity index (χ2v) is 6.99. The Morgan fingerprint density at radius 2 is 1.83 bits per heavy atom. The van der Waals surface area contributed by atoms with Crippen LogP contribution in [0.15, 0.2) is 0 Å². The standard InChI is InChI=1S/C14H25NO3/c1-12(2,3)18-11(16)15-13(5-4-6-13)7-8-14(17)9-10-14/h17H,4-10H2,1-3H3,(H,15,16). The molecule has 2 fully saturated rings. The average molecular weight is 255 g/mol. The predicted molar refractivity (Wildman–Crippen MR) is 69.4 cm³/mol. The van der Waals surface area contributed by atoms with E-state index >= 15 is 0 Å². The summed E-state index contributed by atoms with van der Waals surface area (Å²) >= 11 is 0. The molecule has 2 rings (SSSR count). The van der Waals surface area contributed by atoms with E-state index in [-0.39, 0.29) is 11.6 Å². The highest BCUT2D eigenvalue weighted by Gasteiger charge is 2.45. The number of aliphatic hydroxyl groups is 1. The van der Waals surface area contributed by atoms with Crippen molar-refractivity contribution < 1.29 is 14.6 Å². The highest BCUT2D eigenvalue weighted by molar-refractivity contribution is 5.69. The van der Waals surface area contributed by atoms with E-state index in [4.69, 9.17) is 4.74 Å². The number of rotatable bonds is 4. The molecule has 0 aromatic rings. The van der Waals surface area contributed by atoms with Gasteiger partial charge in [-0.05, 0) is 65.7 Å². The topological polar surface area (TPSA) is 58.6 Å². The molecule has 2 aliphatic rings. The van der Waals surface area contributed by atoms with Gasteiger partial charge in [0.1, 0.15) is 5.60 Å². The fraction of sp³-hybridized carbons (Fsp3) is 0.929. The van der Waals surface area contributed by atoms with Gasteiger partial charge in [-0.3, -0.25) is 0 Å². The molecule has 1 amide bonds. The minimum atomic E-state index is -0.455. The summed E-state index contributed by atoms with van der Waals surface area (Å²) in [6, 6.07) is 0. The molecular formula is C14H25NO3. The van der Waals surface area contributed by atoms with Gasteiger partial charge < -0.3 is 15.2 Å². The smallest absolute Gasteiger partial charge is 0.408 e. The van der Waals surface area contributed by atoms with Gasteiger partial charge in [0.05, 0.1) is 5.60 Å². The van der Waals surface area contributed by atoms with Crippen molar-refractivity contribution in [1.29, 1.82) is 0 Å².